The monoisotopic (exact) mass is 303 g/mol. The molecular formula is C10H11Br2N. The zero-order valence-corrected chi connectivity index (χ0v) is 10.4. The lowest BCUT2D eigenvalue weighted by Crippen LogP contribution is -2.36. The Balaban J connectivity index is 2.24. The van der Waals surface area contributed by atoms with Crippen molar-refractivity contribution in [1.29, 1.82) is 0 Å². The Morgan fingerprint density at radius 1 is 1.31 bits per heavy atom. The number of nitrogens with zero attached hydrogens (tertiary/aromatic N) is 1. The molecule has 0 aliphatic carbocycles. The van der Waals surface area contributed by atoms with Crippen LogP contribution in [0.3, 0.4) is 0 Å². The van der Waals surface area contributed by atoms with Gasteiger partial charge in [0.05, 0.1) is 0 Å². The minimum atomic E-state index is 0.911. The van der Waals surface area contributed by atoms with Crippen molar-refractivity contribution in [2.45, 2.75) is 11.8 Å². The molecule has 1 aromatic carbocycles. The van der Waals surface area contributed by atoms with Gasteiger partial charge in [-0.15, -0.1) is 0 Å². The molecular weight excluding hydrogens is 294 g/mol. The van der Waals surface area contributed by atoms with E-state index in [-0.39, 0.29) is 0 Å². The van der Waals surface area contributed by atoms with Crippen LogP contribution in [0.2, 0.25) is 0 Å². The fraction of sp³-hybridized carbons (Fsp3) is 0.400. The normalized spacial score (nSPS) is 15.7. The molecule has 0 amide bonds. The summed E-state index contributed by atoms with van der Waals surface area (Å²) in [5.41, 5.74) is 2.65. The van der Waals surface area contributed by atoms with Gasteiger partial charge in [0, 0.05) is 28.6 Å². The number of hydrogen-bond acceptors (Lipinski definition) is 1. The first-order chi connectivity index (χ1) is 6.31. The van der Waals surface area contributed by atoms with Gasteiger partial charge in [0.25, 0.3) is 0 Å². The van der Waals surface area contributed by atoms with Crippen molar-refractivity contribution in [3.8, 4) is 0 Å². The zero-order valence-electron chi connectivity index (χ0n) is 7.26. The molecule has 3 heteroatoms. The van der Waals surface area contributed by atoms with Crippen LogP contribution < -0.4 is 4.90 Å². The van der Waals surface area contributed by atoms with Crippen molar-refractivity contribution in [2.24, 2.45) is 0 Å². The Morgan fingerprint density at radius 2 is 2.08 bits per heavy atom. The molecule has 1 saturated heterocycles. The van der Waals surface area contributed by atoms with E-state index in [4.69, 9.17) is 0 Å². The van der Waals surface area contributed by atoms with Crippen LogP contribution >= 0.6 is 31.9 Å². The third-order valence-corrected chi connectivity index (χ3v) is 3.74. The van der Waals surface area contributed by atoms with Gasteiger partial charge < -0.3 is 4.90 Å². The van der Waals surface area contributed by atoms with E-state index in [0.29, 0.717) is 0 Å². The fourth-order valence-electron chi connectivity index (χ4n) is 1.42. The molecule has 0 radical (unpaired) electrons. The summed E-state index contributed by atoms with van der Waals surface area (Å²) in [6.45, 7) is 2.42. The van der Waals surface area contributed by atoms with Gasteiger partial charge in [-0.05, 0) is 24.1 Å². The van der Waals surface area contributed by atoms with Crippen LogP contribution in [0.25, 0.3) is 0 Å². The maximum atomic E-state index is 3.57. The van der Waals surface area contributed by atoms with Crippen molar-refractivity contribution >= 4 is 37.5 Å². The van der Waals surface area contributed by atoms with Crippen LogP contribution in [0.15, 0.2) is 22.7 Å². The van der Waals surface area contributed by atoms with E-state index in [1.54, 1.807) is 0 Å². The second-order valence-electron chi connectivity index (χ2n) is 3.25. The quantitative estimate of drug-likeness (QED) is 0.755. The second kappa shape index (κ2) is 4.01. The van der Waals surface area contributed by atoms with E-state index in [9.17, 15) is 0 Å². The molecule has 0 spiro atoms. The van der Waals surface area contributed by atoms with Crippen LogP contribution in [0, 0.1) is 0 Å². The molecule has 0 atom stereocenters. The zero-order chi connectivity index (χ0) is 9.26. The lowest BCUT2D eigenvalue weighted by atomic mass is 10.1. The van der Waals surface area contributed by atoms with Gasteiger partial charge in [0.15, 0.2) is 0 Å². The molecule has 2 rings (SSSR count). The molecule has 1 aliphatic rings. The summed E-state index contributed by atoms with van der Waals surface area (Å²) in [4.78, 5) is 2.39. The minimum absolute atomic E-state index is 0.911. The Morgan fingerprint density at radius 3 is 2.54 bits per heavy atom. The fourth-order valence-corrected chi connectivity index (χ4v) is 2.79. The molecule has 1 nitrogen and oxygen atoms in total. The van der Waals surface area contributed by atoms with Crippen molar-refractivity contribution in [2.75, 3.05) is 18.0 Å². The number of hydrogen-bond donors (Lipinski definition) is 0. The smallest absolute Gasteiger partial charge is 0.0377 e. The van der Waals surface area contributed by atoms with Crippen LogP contribution in [0.1, 0.15) is 12.0 Å². The summed E-state index contributed by atoms with van der Waals surface area (Å²) in [5, 5.41) is 0.911. The summed E-state index contributed by atoms with van der Waals surface area (Å²) in [6, 6.07) is 6.57. The van der Waals surface area contributed by atoms with Crippen molar-refractivity contribution in [3.63, 3.8) is 0 Å². The molecule has 70 valence electrons. The third kappa shape index (κ3) is 1.91. The van der Waals surface area contributed by atoms with Gasteiger partial charge in [-0.1, -0.05) is 37.9 Å². The number of rotatable bonds is 2. The van der Waals surface area contributed by atoms with Crippen LogP contribution in [0.5, 0.6) is 0 Å². The van der Waals surface area contributed by atoms with Crippen molar-refractivity contribution < 1.29 is 0 Å². The lowest BCUT2D eigenvalue weighted by molar-refractivity contribution is 0.617. The topological polar surface area (TPSA) is 3.24 Å². The first-order valence-electron chi connectivity index (χ1n) is 4.40. The van der Waals surface area contributed by atoms with Crippen molar-refractivity contribution in [3.05, 3.63) is 28.2 Å². The van der Waals surface area contributed by atoms with E-state index >= 15 is 0 Å². The molecule has 0 aromatic heterocycles. The van der Waals surface area contributed by atoms with Crippen molar-refractivity contribution in [1.82, 2.24) is 0 Å². The van der Waals surface area contributed by atoms with Gasteiger partial charge >= 0.3 is 0 Å². The molecule has 1 fully saturated rings. The van der Waals surface area contributed by atoms with Gasteiger partial charge in [0.2, 0.25) is 0 Å². The lowest BCUT2D eigenvalue weighted by Gasteiger charge is -2.33. The van der Waals surface area contributed by atoms with E-state index in [2.05, 4.69) is 55.0 Å². The molecule has 0 unspecified atom stereocenters. The summed E-state index contributed by atoms with van der Waals surface area (Å²) >= 11 is 7.03. The van der Waals surface area contributed by atoms with Crippen LogP contribution in [-0.2, 0) is 5.33 Å². The average Bonchev–Trinajstić information content (AvgIpc) is 2.01. The molecule has 0 saturated carbocycles. The van der Waals surface area contributed by atoms with E-state index in [0.717, 1.165) is 5.33 Å². The minimum Gasteiger partial charge on any atom is -0.371 e. The highest BCUT2D eigenvalue weighted by Gasteiger charge is 2.14. The first kappa shape index (κ1) is 9.53. The Hall–Kier alpha value is -0.0200. The molecule has 1 heterocycles. The predicted molar refractivity (Wildman–Crippen MR) is 63.6 cm³/mol. The molecule has 1 aromatic rings. The predicted octanol–water partition coefficient (Wildman–Crippen LogP) is 3.55. The van der Waals surface area contributed by atoms with E-state index in [1.165, 1.54) is 35.2 Å². The van der Waals surface area contributed by atoms with Crippen LogP contribution in [0.4, 0.5) is 5.69 Å². The Kier molecular flexibility index (Phi) is 2.94. The number of benzene rings is 1. The summed E-state index contributed by atoms with van der Waals surface area (Å²) in [7, 11) is 0. The average molecular weight is 305 g/mol. The first-order valence-corrected chi connectivity index (χ1v) is 6.32. The summed E-state index contributed by atoms with van der Waals surface area (Å²) in [5.74, 6) is 0. The molecule has 1 aliphatic heterocycles. The molecule has 0 N–H and O–H groups in total. The van der Waals surface area contributed by atoms with Gasteiger partial charge in [0.1, 0.15) is 0 Å². The third-order valence-electron chi connectivity index (χ3n) is 2.40. The molecule has 0 bridgehead atoms. The van der Waals surface area contributed by atoms with E-state index < -0.39 is 0 Å². The summed E-state index contributed by atoms with van der Waals surface area (Å²) in [6.07, 6.45) is 1.33. The van der Waals surface area contributed by atoms with Gasteiger partial charge in [-0.25, -0.2) is 0 Å². The second-order valence-corrected chi connectivity index (χ2v) is 4.67. The number of anilines is 1. The maximum absolute atomic E-state index is 3.57. The van der Waals surface area contributed by atoms with Crippen LogP contribution in [-0.4, -0.2) is 13.1 Å². The van der Waals surface area contributed by atoms with E-state index in [1.807, 2.05) is 0 Å². The largest absolute Gasteiger partial charge is 0.371 e. The SMILES string of the molecule is BrCc1ccc(N2CCC2)cc1Br. The Labute approximate surface area is 95.4 Å². The number of alkyl halides is 1. The Bertz CT molecular complexity index is 308. The number of halogens is 2. The standard InChI is InChI=1S/C10H11Br2N/c11-7-8-2-3-9(6-10(8)12)13-4-1-5-13/h2-3,6H,1,4-5,7H2. The highest BCUT2D eigenvalue weighted by Crippen LogP contribution is 2.27. The summed E-state index contributed by atoms with van der Waals surface area (Å²) < 4.78 is 1.20. The van der Waals surface area contributed by atoms with Gasteiger partial charge in [-0.2, -0.15) is 0 Å². The van der Waals surface area contributed by atoms with Gasteiger partial charge in [-0.3, -0.25) is 0 Å². The molecule has 13 heavy (non-hydrogen) atoms. The maximum Gasteiger partial charge on any atom is 0.0377 e. The highest BCUT2D eigenvalue weighted by atomic mass is 79.9. The highest BCUT2D eigenvalue weighted by molar-refractivity contribution is 9.10.